The van der Waals surface area contributed by atoms with Crippen LogP contribution in [-0.2, 0) is 16.2 Å². The fraction of sp³-hybridized carbons (Fsp3) is 0.0400. The Bertz CT molecular complexity index is 3340. The maximum absolute atomic E-state index is 18.5. The van der Waals surface area contributed by atoms with E-state index in [0.717, 1.165) is 36.4 Å². The van der Waals surface area contributed by atoms with Gasteiger partial charge in [-0.25, -0.2) is 26.3 Å². The molecular formula is C75H51BF6. The molecular weight excluding hydrogens is 1030 g/mol. The van der Waals surface area contributed by atoms with Gasteiger partial charge in [-0.2, -0.15) is 0 Å². The monoisotopic (exact) mass is 1080 g/mol. The second-order valence-electron chi connectivity index (χ2n) is 20.5. The molecule has 7 heteroatoms. The van der Waals surface area contributed by atoms with E-state index in [-0.39, 0.29) is 16.7 Å². The van der Waals surface area contributed by atoms with E-state index in [4.69, 9.17) is 0 Å². The fourth-order valence-electron chi connectivity index (χ4n) is 12.9. The van der Waals surface area contributed by atoms with Crippen LogP contribution < -0.4 is 16.4 Å². The number of halogens is 6. The zero-order valence-corrected chi connectivity index (χ0v) is 44.3. The van der Waals surface area contributed by atoms with Crippen molar-refractivity contribution in [3.05, 3.63) is 411 Å². The Morgan fingerprint density at radius 3 is 0.415 bits per heavy atom. The second-order valence-corrected chi connectivity index (χ2v) is 20.5. The van der Waals surface area contributed by atoms with Crippen molar-refractivity contribution in [1.29, 1.82) is 0 Å². The van der Waals surface area contributed by atoms with Gasteiger partial charge in [-0.1, -0.05) is 273 Å². The molecule has 12 rings (SSSR count). The van der Waals surface area contributed by atoms with E-state index in [9.17, 15) is 0 Å². The van der Waals surface area contributed by atoms with E-state index in [1.807, 2.05) is 273 Å². The third-order valence-corrected chi connectivity index (χ3v) is 16.3. The van der Waals surface area contributed by atoms with Crippen molar-refractivity contribution in [1.82, 2.24) is 0 Å². The zero-order valence-electron chi connectivity index (χ0n) is 44.3. The van der Waals surface area contributed by atoms with Gasteiger partial charge in [0.1, 0.15) is 34.9 Å². The highest BCUT2D eigenvalue weighted by molar-refractivity contribution is 6.95. The van der Waals surface area contributed by atoms with Gasteiger partial charge in [-0.05, 0) is 103 Å². The molecule has 0 amide bonds. The summed E-state index contributed by atoms with van der Waals surface area (Å²) in [5, 5.41) is 0. The predicted molar refractivity (Wildman–Crippen MR) is 319 cm³/mol. The first-order chi connectivity index (χ1) is 40.2. The standard InChI is InChI=1S/C75H51BF6/c77-64-46-61(73(52-28-10-1-11-29-52,53-30-12-2-13-31-53)54-32-14-3-15-33-54)47-65(78)70(64)76(71-66(79)48-62(49-67(71)80)74(55-34-16-4-17-35-55,56-36-18-5-19-37-56)57-38-20-6-21-39-57)72-68(81)50-63(51-69(72)82)75(58-40-22-7-23-41-58,59-42-24-8-25-43-59)60-44-26-9-27-45-60/h1-51H. The van der Waals surface area contributed by atoms with Gasteiger partial charge in [0.25, 0.3) is 6.71 Å². The number of hydrogen-bond acceptors (Lipinski definition) is 0. The molecule has 82 heavy (non-hydrogen) atoms. The highest BCUT2D eigenvalue weighted by Gasteiger charge is 2.46. The Hall–Kier alpha value is -9.72. The molecule has 12 aromatic rings. The van der Waals surface area contributed by atoms with Crippen LogP contribution >= 0.6 is 0 Å². The van der Waals surface area contributed by atoms with Crippen LogP contribution in [0.5, 0.6) is 0 Å². The molecule has 396 valence electrons. The Labute approximate surface area is 474 Å². The summed E-state index contributed by atoms with van der Waals surface area (Å²) >= 11 is 0. The molecule has 0 spiro atoms. The summed E-state index contributed by atoms with van der Waals surface area (Å²) < 4.78 is 111. The average molecular weight is 1080 g/mol. The number of benzene rings is 12. The third kappa shape index (κ3) is 8.94. The number of rotatable bonds is 15. The van der Waals surface area contributed by atoms with Crippen molar-refractivity contribution in [2.24, 2.45) is 0 Å². The largest absolute Gasteiger partial charge is 0.264 e. The molecule has 0 N–H and O–H groups in total. The molecule has 0 nitrogen and oxygen atoms in total. The fourth-order valence-corrected chi connectivity index (χ4v) is 12.9. The van der Waals surface area contributed by atoms with Crippen LogP contribution in [0, 0.1) is 34.9 Å². The van der Waals surface area contributed by atoms with Crippen molar-refractivity contribution < 1.29 is 26.3 Å². The van der Waals surface area contributed by atoms with Gasteiger partial charge >= 0.3 is 0 Å². The van der Waals surface area contributed by atoms with Gasteiger partial charge in [0, 0.05) is 16.4 Å². The molecule has 0 saturated carbocycles. The highest BCUT2D eigenvalue weighted by Crippen LogP contribution is 2.49. The highest BCUT2D eigenvalue weighted by atomic mass is 19.2. The molecule has 0 unspecified atom stereocenters. The van der Waals surface area contributed by atoms with Crippen LogP contribution in [0.2, 0.25) is 0 Å². The molecule has 0 bridgehead atoms. The summed E-state index contributed by atoms with van der Waals surface area (Å²) in [4.78, 5) is 0. The summed E-state index contributed by atoms with van der Waals surface area (Å²) in [6, 6.07) is 90.0. The van der Waals surface area contributed by atoms with Gasteiger partial charge < -0.3 is 0 Å². The lowest BCUT2D eigenvalue weighted by molar-refractivity contribution is 0.578. The molecule has 0 aliphatic carbocycles. The molecule has 0 fully saturated rings. The van der Waals surface area contributed by atoms with Crippen LogP contribution in [0.4, 0.5) is 26.3 Å². The van der Waals surface area contributed by atoms with E-state index in [0.29, 0.717) is 50.1 Å². The van der Waals surface area contributed by atoms with Crippen LogP contribution in [-0.4, -0.2) is 6.71 Å². The molecule has 0 radical (unpaired) electrons. The van der Waals surface area contributed by atoms with Crippen LogP contribution in [0.1, 0.15) is 66.8 Å². The SMILES string of the molecule is Fc1cc(C(c2ccccc2)(c2ccccc2)c2ccccc2)cc(F)c1B(c1c(F)cc(C(c2ccccc2)(c2ccccc2)c2ccccc2)cc1F)c1c(F)cc(C(c2ccccc2)(c2ccccc2)c2ccccc2)cc1F. The first kappa shape index (κ1) is 53.0. The van der Waals surface area contributed by atoms with Gasteiger partial charge in [0.05, 0.1) is 16.2 Å². The Morgan fingerprint density at radius 1 is 0.171 bits per heavy atom. The van der Waals surface area contributed by atoms with E-state index in [1.54, 1.807) is 0 Å². The molecule has 0 heterocycles. The van der Waals surface area contributed by atoms with Crippen molar-refractivity contribution in [2.75, 3.05) is 0 Å². The van der Waals surface area contributed by atoms with E-state index in [1.165, 1.54) is 0 Å². The summed E-state index contributed by atoms with van der Waals surface area (Å²) in [5.41, 5.74) is -0.673. The lowest BCUT2D eigenvalue weighted by Gasteiger charge is -2.38. The molecule has 0 aromatic heterocycles. The van der Waals surface area contributed by atoms with Crippen molar-refractivity contribution in [3.63, 3.8) is 0 Å². The minimum atomic E-state index is -2.38. The second kappa shape index (κ2) is 22.4. The van der Waals surface area contributed by atoms with E-state index in [2.05, 4.69) is 0 Å². The van der Waals surface area contributed by atoms with Crippen molar-refractivity contribution >= 4 is 23.1 Å². The molecule has 12 aromatic carbocycles. The minimum absolute atomic E-state index is 0.123. The van der Waals surface area contributed by atoms with Gasteiger partial charge in [-0.15, -0.1) is 0 Å². The predicted octanol–water partition coefficient (Wildman–Crippen LogP) is 16.2. The van der Waals surface area contributed by atoms with Crippen LogP contribution in [0.15, 0.2) is 309 Å². The first-order valence-corrected chi connectivity index (χ1v) is 27.2. The Morgan fingerprint density at radius 2 is 0.293 bits per heavy atom. The smallest absolute Gasteiger partial charge is 0.207 e. The number of hydrogen-bond donors (Lipinski definition) is 0. The summed E-state index contributed by atoms with van der Waals surface area (Å²) in [6.45, 7) is -2.38. The maximum Gasteiger partial charge on any atom is 0.264 e. The van der Waals surface area contributed by atoms with E-state index >= 15 is 26.3 Å². The van der Waals surface area contributed by atoms with Gasteiger partial charge in [0.15, 0.2) is 0 Å². The summed E-state index contributed by atoms with van der Waals surface area (Å²) in [7, 11) is 0. The topological polar surface area (TPSA) is 0 Å². The third-order valence-electron chi connectivity index (χ3n) is 16.3. The van der Waals surface area contributed by atoms with Crippen LogP contribution in [0.25, 0.3) is 0 Å². The normalized spacial score (nSPS) is 11.8. The first-order valence-electron chi connectivity index (χ1n) is 27.2. The quantitative estimate of drug-likeness (QED) is 0.0545. The van der Waals surface area contributed by atoms with Crippen molar-refractivity contribution in [2.45, 2.75) is 16.2 Å². The van der Waals surface area contributed by atoms with E-state index < -0.39 is 74.2 Å². The summed E-state index contributed by atoms with van der Waals surface area (Å²) in [6.07, 6.45) is 0. The Balaban J connectivity index is 1.15. The molecule has 0 saturated heterocycles. The zero-order chi connectivity index (χ0) is 56.3. The van der Waals surface area contributed by atoms with Gasteiger partial charge in [-0.3, -0.25) is 0 Å². The summed E-state index contributed by atoms with van der Waals surface area (Å²) in [5.74, 6) is -7.68. The average Bonchev–Trinajstić information content (AvgIpc) is 2.61. The Kier molecular flexibility index (Phi) is 14.5. The lowest BCUT2D eigenvalue weighted by Crippen LogP contribution is -2.59. The minimum Gasteiger partial charge on any atom is -0.207 e. The van der Waals surface area contributed by atoms with Crippen LogP contribution in [0.3, 0.4) is 0 Å². The van der Waals surface area contributed by atoms with Gasteiger partial charge in [0.2, 0.25) is 0 Å². The maximum atomic E-state index is 18.5. The van der Waals surface area contributed by atoms with Crippen molar-refractivity contribution in [3.8, 4) is 0 Å². The molecule has 0 atom stereocenters. The molecule has 0 aliphatic rings. The molecule has 0 aliphatic heterocycles. The lowest BCUT2D eigenvalue weighted by atomic mass is 9.35.